The molecule has 3 aromatic rings. The van der Waals surface area contributed by atoms with Crippen LogP contribution in [0.4, 0.5) is 5.69 Å². The molecule has 0 bridgehead atoms. The van der Waals surface area contributed by atoms with E-state index < -0.39 is 6.10 Å². The van der Waals surface area contributed by atoms with Gasteiger partial charge in [-0.25, -0.2) is 4.79 Å². The lowest BCUT2D eigenvalue weighted by Crippen LogP contribution is -2.21. The molecule has 1 aliphatic rings. The molecule has 4 nitrogen and oxygen atoms in total. The fraction of sp³-hybridized carbons (Fsp3) is 0.414. The number of alkyl halides is 1. The van der Waals surface area contributed by atoms with Crippen LogP contribution in [0.25, 0.3) is 0 Å². The molecule has 37 heavy (non-hydrogen) atoms. The number of hydrogen-bond acceptors (Lipinski definition) is 5. The quantitative estimate of drug-likeness (QED) is 0.150. The van der Waals surface area contributed by atoms with Crippen LogP contribution in [0, 0.1) is 11.8 Å². The predicted octanol–water partition coefficient (Wildman–Crippen LogP) is 7.90. The number of anilines is 1. The first-order chi connectivity index (χ1) is 17.7. The number of nitrogens with zero attached hydrogens (tertiary/aromatic N) is 1. The molecule has 0 radical (unpaired) electrons. The van der Waals surface area contributed by atoms with Crippen molar-refractivity contribution in [3.63, 3.8) is 0 Å². The predicted molar refractivity (Wildman–Crippen MR) is 155 cm³/mol. The van der Waals surface area contributed by atoms with Gasteiger partial charge < -0.3 is 14.7 Å². The molecule has 0 amide bonds. The maximum Gasteiger partial charge on any atom is 0.353 e. The van der Waals surface area contributed by atoms with Crippen molar-refractivity contribution in [2.75, 3.05) is 19.0 Å². The van der Waals surface area contributed by atoms with Crippen LogP contribution in [0.1, 0.15) is 45.8 Å². The molecule has 198 valence electrons. The highest BCUT2D eigenvalue weighted by Gasteiger charge is 2.40. The van der Waals surface area contributed by atoms with Gasteiger partial charge in [-0.15, -0.1) is 22.9 Å². The Hall–Kier alpha value is -1.76. The van der Waals surface area contributed by atoms with Crippen molar-refractivity contribution in [3.05, 3.63) is 80.0 Å². The normalized spacial score (nSPS) is 21.2. The minimum atomic E-state index is -0.392. The number of aliphatic hydroxyl groups excluding tert-OH is 1. The van der Waals surface area contributed by atoms with Gasteiger partial charge in [0.2, 0.25) is 0 Å². The van der Waals surface area contributed by atoms with Gasteiger partial charge in [0.25, 0.3) is 0 Å². The summed E-state index contributed by atoms with van der Waals surface area (Å²) in [6.07, 6.45) is 4.62. The molecule has 1 heterocycles. The highest BCUT2D eigenvalue weighted by atomic mass is 35.5. The molecule has 1 saturated carbocycles. The largest absolute Gasteiger partial charge is 0.422 e. The van der Waals surface area contributed by atoms with Gasteiger partial charge >= 0.3 is 5.97 Å². The zero-order valence-electron chi connectivity index (χ0n) is 21.0. The van der Waals surface area contributed by atoms with E-state index in [-0.39, 0.29) is 23.2 Å². The Morgan fingerprint density at radius 1 is 1.00 bits per heavy atom. The fourth-order valence-electron chi connectivity index (χ4n) is 5.13. The number of halogens is 3. The number of carbonyl (C=O) groups is 1. The van der Waals surface area contributed by atoms with Gasteiger partial charge in [0.15, 0.2) is 0 Å². The van der Waals surface area contributed by atoms with Crippen LogP contribution in [0.3, 0.4) is 0 Å². The third-order valence-corrected chi connectivity index (χ3v) is 9.11. The topological polar surface area (TPSA) is 49.8 Å². The number of benzene rings is 2. The lowest BCUT2D eigenvalue weighted by Gasteiger charge is -2.23. The summed E-state index contributed by atoms with van der Waals surface area (Å²) in [5, 5.41) is 11.9. The molecule has 1 aromatic heterocycles. The highest BCUT2D eigenvalue weighted by molar-refractivity contribution is 7.13. The number of aliphatic hydroxyl groups is 1. The monoisotopic (exact) mass is 579 g/mol. The number of rotatable bonds is 10. The van der Waals surface area contributed by atoms with E-state index in [1.54, 1.807) is 18.2 Å². The molecule has 4 unspecified atom stereocenters. The summed E-state index contributed by atoms with van der Waals surface area (Å²) in [6.45, 7) is 0. The van der Waals surface area contributed by atoms with Crippen LogP contribution in [0.15, 0.2) is 54.6 Å². The van der Waals surface area contributed by atoms with E-state index in [4.69, 9.17) is 39.5 Å². The van der Waals surface area contributed by atoms with Crippen molar-refractivity contribution in [2.45, 2.75) is 50.0 Å². The van der Waals surface area contributed by atoms with E-state index in [2.05, 4.69) is 0 Å². The van der Waals surface area contributed by atoms with E-state index in [0.717, 1.165) is 48.2 Å². The summed E-state index contributed by atoms with van der Waals surface area (Å²) in [5.41, 5.74) is 2.12. The van der Waals surface area contributed by atoms with Crippen LogP contribution in [-0.4, -0.2) is 36.7 Å². The van der Waals surface area contributed by atoms with Gasteiger partial charge in [-0.05, 0) is 111 Å². The maximum atomic E-state index is 12.6. The van der Waals surface area contributed by atoms with Gasteiger partial charge in [-0.3, -0.25) is 0 Å². The second-order valence-electron chi connectivity index (χ2n) is 9.90. The molecular weight excluding hydrogens is 549 g/mol. The van der Waals surface area contributed by atoms with Crippen molar-refractivity contribution in [3.8, 4) is 5.75 Å². The van der Waals surface area contributed by atoms with Gasteiger partial charge in [-0.1, -0.05) is 23.2 Å². The number of aryl methyl sites for hydroxylation is 2. The Morgan fingerprint density at radius 2 is 1.70 bits per heavy atom. The molecule has 2 aromatic carbocycles. The van der Waals surface area contributed by atoms with E-state index in [1.165, 1.54) is 11.3 Å². The number of thiophene rings is 1. The van der Waals surface area contributed by atoms with E-state index in [0.29, 0.717) is 27.1 Å². The maximum absolute atomic E-state index is 12.6. The number of carbonyl (C=O) groups excluding carboxylic acids is 1. The molecule has 1 N–H and O–H groups in total. The average molecular weight is 581 g/mol. The Balaban J connectivity index is 1.28. The Morgan fingerprint density at radius 3 is 2.38 bits per heavy atom. The summed E-state index contributed by atoms with van der Waals surface area (Å²) in [5.74, 6) is 0.591. The molecule has 8 heteroatoms. The first-order valence-electron chi connectivity index (χ1n) is 12.5. The van der Waals surface area contributed by atoms with Gasteiger partial charge in [0.05, 0.1) is 6.10 Å². The van der Waals surface area contributed by atoms with Crippen molar-refractivity contribution in [1.29, 1.82) is 0 Å². The number of ether oxygens (including phenoxy) is 1. The van der Waals surface area contributed by atoms with E-state index in [1.807, 2.05) is 55.4 Å². The first kappa shape index (κ1) is 28.3. The van der Waals surface area contributed by atoms with Crippen molar-refractivity contribution < 1.29 is 14.6 Å². The minimum Gasteiger partial charge on any atom is -0.422 e. The smallest absolute Gasteiger partial charge is 0.353 e. The molecular formula is C29H32Cl3NO3S. The standard InChI is InChI=1S/C29H32Cl3NO3S/c1-33(2)21-7-9-22(10-8-21)36-29(35)28-13-11-23(37-28)4-3-5-24-25(27(34)17-26(24)32)12-6-18-14-19(30)16-20(31)15-18/h7-11,13-16,24-27,34H,3-6,12,17H2,1-2H3. The third-order valence-electron chi connectivity index (χ3n) is 7.05. The second kappa shape index (κ2) is 12.9. The number of esters is 1. The average Bonchev–Trinajstić information content (AvgIpc) is 3.41. The molecule has 0 spiro atoms. The summed E-state index contributed by atoms with van der Waals surface area (Å²) in [6, 6.07) is 16.9. The lowest BCUT2D eigenvalue weighted by atomic mass is 9.85. The molecule has 0 aliphatic heterocycles. The summed E-state index contributed by atoms with van der Waals surface area (Å²) < 4.78 is 5.54. The SMILES string of the molecule is CN(C)c1ccc(OC(=O)c2ccc(CCCC3C(Cl)CC(O)C3CCc3cc(Cl)cc(Cl)c3)s2)cc1. The highest BCUT2D eigenvalue weighted by Crippen LogP contribution is 2.42. The fourth-order valence-corrected chi connectivity index (χ4v) is 7.12. The van der Waals surface area contributed by atoms with Crippen LogP contribution in [0.5, 0.6) is 5.75 Å². The van der Waals surface area contributed by atoms with Gasteiger partial charge in [-0.2, -0.15) is 0 Å². The minimum absolute atomic E-state index is 0.0318. The van der Waals surface area contributed by atoms with Crippen LogP contribution in [0.2, 0.25) is 10.0 Å². The first-order valence-corrected chi connectivity index (χ1v) is 14.6. The lowest BCUT2D eigenvalue weighted by molar-refractivity contribution is 0.0740. The van der Waals surface area contributed by atoms with Crippen LogP contribution < -0.4 is 9.64 Å². The molecule has 4 atom stereocenters. The Labute approximate surface area is 238 Å². The van der Waals surface area contributed by atoms with Gasteiger partial charge in [0, 0.05) is 40.1 Å². The van der Waals surface area contributed by atoms with Gasteiger partial charge in [0.1, 0.15) is 10.6 Å². The zero-order valence-corrected chi connectivity index (χ0v) is 24.1. The Kier molecular flexibility index (Phi) is 9.82. The number of hydrogen-bond donors (Lipinski definition) is 1. The van der Waals surface area contributed by atoms with Crippen molar-refractivity contribution in [2.24, 2.45) is 11.8 Å². The third kappa shape index (κ3) is 7.64. The van der Waals surface area contributed by atoms with Crippen LogP contribution in [-0.2, 0) is 12.8 Å². The van der Waals surface area contributed by atoms with Crippen molar-refractivity contribution in [1.82, 2.24) is 0 Å². The molecule has 0 saturated heterocycles. The van der Waals surface area contributed by atoms with Crippen molar-refractivity contribution >= 4 is 57.8 Å². The van der Waals surface area contributed by atoms with E-state index in [9.17, 15) is 9.90 Å². The summed E-state index contributed by atoms with van der Waals surface area (Å²) in [7, 11) is 3.93. The van der Waals surface area contributed by atoms with E-state index >= 15 is 0 Å². The molecule has 1 fully saturated rings. The molecule has 4 rings (SSSR count). The second-order valence-corrected chi connectivity index (χ2v) is 12.5. The Bertz CT molecular complexity index is 1180. The molecule has 1 aliphatic carbocycles. The zero-order chi connectivity index (χ0) is 26.5. The summed E-state index contributed by atoms with van der Waals surface area (Å²) >= 11 is 20.4. The van der Waals surface area contributed by atoms with Crippen LogP contribution >= 0.6 is 46.1 Å². The summed E-state index contributed by atoms with van der Waals surface area (Å²) in [4.78, 5) is 16.3.